The van der Waals surface area contributed by atoms with Crippen LogP contribution in [-0.4, -0.2) is 13.2 Å². The fraction of sp³-hybridized carbons (Fsp3) is 0.600. The molecule has 0 fully saturated rings. The summed E-state index contributed by atoms with van der Waals surface area (Å²) in [5.74, 6) is 2.14. The lowest BCUT2D eigenvalue weighted by atomic mass is 10.1. The monoisotopic (exact) mass is 168 g/mol. The van der Waals surface area contributed by atoms with Crippen molar-refractivity contribution in [2.75, 3.05) is 13.2 Å². The van der Waals surface area contributed by atoms with Gasteiger partial charge in [0.05, 0.1) is 24.7 Å². The average molecular weight is 168 g/mol. The van der Waals surface area contributed by atoms with Crippen molar-refractivity contribution >= 4 is 0 Å². The Morgan fingerprint density at radius 2 is 1.42 bits per heavy atom. The minimum atomic E-state index is 0.754. The van der Waals surface area contributed by atoms with Gasteiger partial charge >= 0.3 is 0 Å². The Labute approximate surface area is 73.9 Å². The predicted molar refractivity (Wildman–Crippen MR) is 48.7 cm³/mol. The molecular weight excluding hydrogens is 152 g/mol. The van der Waals surface area contributed by atoms with Crippen molar-refractivity contribution in [1.82, 2.24) is 0 Å². The zero-order chi connectivity index (χ0) is 8.81. The van der Waals surface area contributed by atoms with Crippen LogP contribution in [0.15, 0.2) is 23.7 Å². The van der Waals surface area contributed by atoms with Gasteiger partial charge in [0.2, 0.25) is 0 Å². The third kappa shape index (κ3) is 2.61. The van der Waals surface area contributed by atoms with Crippen molar-refractivity contribution in [2.24, 2.45) is 0 Å². The molecule has 0 heterocycles. The summed E-state index contributed by atoms with van der Waals surface area (Å²) in [6, 6.07) is 0. The largest absolute Gasteiger partial charge is 0.498 e. The van der Waals surface area contributed by atoms with Gasteiger partial charge in [-0.1, -0.05) is 0 Å². The Hall–Kier alpha value is -0.920. The van der Waals surface area contributed by atoms with Crippen LogP contribution in [0.3, 0.4) is 0 Å². The number of hydrogen-bond donors (Lipinski definition) is 0. The third-order valence-electron chi connectivity index (χ3n) is 1.73. The van der Waals surface area contributed by atoms with Crippen LogP contribution in [-0.2, 0) is 9.47 Å². The van der Waals surface area contributed by atoms with Crippen LogP contribution in [0.2, 0.25) is 0 Å². The SMILES string of the molecule is CCOC1=CC=C(OCC)CC1. The molecule has 0 amide bonds. The van der Waals surface area contributed by atoms with E-state index < -0.39 is 0 Å². The summed E-state index contributed by atoms with van der Waals surface area (Å²) in [5, 5.41) is 0. The molecule has 0 aromatic heterocycles. The van der Waals surface area contributed by atoms with Crippen molar-refractivity contribution < 1.29 is 9.47 Å². The van der Waals surface area contributed by atoms with E-state index in [2.05, 4.69) is 0 Å². The molecular formula is C10H16O2. The zero-order valence-corrected chi connectivity index (χ0v) is 7.80. The minimum absolute atomic E-state index is 0.754. The van der Waals surface area contributed by atoms with E-state index in [9.17, 15) is 0 Å². The molecule has 0 saturated heterocycles. The second-order valence-corrected chi connectivity index (χ2v) is 2.63. The third-order valence-corrected chi connectivity index (χ3v) is 1.73. The van der Waals surface area contributed by atoms with Gasteiger partial charge in [-0.2, -0.15) is 0 Å². The van der Waals surface area contributed by atoms with Crippen LogP contribution in [0.4, 0.5) is 0 Å². The molecule has 0 radical (unpaired) electrons. The van der Waals surface area contributed by atoms with Crippen molar-refractivity contribution in [1.29, 1.82) is 0 Å². The van der Waals surface area contributed by atoms with E-state index in [4.69, 9.17) is 9.47 Å². The second kappa shape index (κ2) is 4.86. The lowest BCUT2D eigenvalue weighted by Crippen LogP contribution is -2.00. The zero-order valence-electron chi connectivity index (χ0n) is 7.80. The first kappa shape index (κ1) is 9.17. The first-order valence-electron chi connectivity index (χ1n) is 4.52. The highest BCUT2D eigenvalue weighted by Gasteiger charge is 2.06. The van der Waals surface area contributed by atoms with Gasteiger partial charge in [0.25, 0.3) is 0 Å². The van der Waals surface area contributed by atoms with Crippen LogP contribution in [0.5, 0.6) is 0 Å². The van der Waals surface area contributed by atoms with Gasteiger partial charge in [0, 0.05) is 12.8 Å². The molecule has 0 bridgehead atoms. The number of rotatable bonds is 4. The Bertz CT molecular complexity index is 170. The molecule has 0 aromatic carbocycles. The molecule has 0 aliphatic heterocycles. The van der Waals surface area contributed by atoms with Gasteiger partial charge in [-0.3, -0.25) is 0 Å². The highest BCUT2D eigenvalue weighted by atomic mass is 16.5. The molecule has 1 aliphatic carbocycles. The maximum absolute atomic E-state index is 5.37. The van der Waals surface area contributed by atoms with Crippen molar-refractivity contribution in [2.45, 2.75) is 26.7 Å². The van der Waals surface area contributed by atoms with E-state index in [0.29, 0.717) is 0 Å². The lowest BCUT2D eigenvalue weighted by molar-refractivity contribution is 0.190. The maximum Gasteiger partial charge on any atom is 0.0965 e. The Kier molecular flexibility index (Phi) is 3.71. The molecule has 0 N–H and O–H groups in total. The minimum Gasteiger partial charge on any atom is -0.498 e. The summed E-state index contributed by atoms with van der Waals surface area (Å²) in [7, 11) is 0. The summed E-state index contributed by atoms with van der Waals surface area (Å²) in [6.07, 6.45) is 5.94. The molecule has 2 nitrogen and oxygen atoms in total. The summed E-state index contributed by atoms with van der Waals surface area (Å²) >= 11 is 0. The molecule has 68 valence electrons. The van der Waals surface area contributed by atoms with E-state index in [1.807, 2.05) is 26.0 Å². The maximum atomic E-state index is 5.37. The summed E-state index contributed by atoms with van der Waals surface area (Å²) in [6.45, 7) is 5.51. The summed E-state index contributed by atoms with van der Waals surface area (Å²) in [4.78, 5) is 0. The first-order valence-corrected chi connectivity index (χ1v) is 4.52. The van der Waals surface area contributed by atoms with Crippen LogP contribution in [0.25, 0.3) is 0 Å². The highest BCUT2D eigenvalue weighted by molar-refractivity contribution is 5.17. The van der Waals surface area contributed by atoms with Crippen molar-refractivity contribution in [3.8, 4) is 0 Å². The molecule has 2 heteroatoms. The smallest absolute Gasteiger partial charge is 0.0965 e. The molecule has 0 spiro atoms. The Balaban J connectivity index is 2.42. The number of allylic oxidation sites excluding steroid dienone is 4. The first-order chi connectivity index (χ1) is 5.86. The average Bonchev–Trinajstić information content (AvgIpc) is 2.09. The second-order valence-electron chi connectivity index (χ2n) is 2.63. The van der Waals surface area contributed by atoms with Gasteiger partial charge in [-0.05, 0) is 26.0 Å². The number of hydrogen-bond acceptors (Lipinski definition) is 2. The van der Waals surface area contributed by atoms with E-state index in [1.54, 1.807) is 0 Å². The quantitative estimate of drug-likeness (QED) is 0.642. The normalized spacial score (nSPS) is 16.5. The highest BCUT2D eigenvalue weighted by Crippen LogP contribution is 2.19. The predicted octanol–water partition coefficient (Wildman–Crippen LogP) is 2.62. The molecule has 0 aromatic rings. The van der Waals surface area contributed by atoms with Gasteiger partial charge in [0.15, 0.2) is 0 Å². The topological polar surface area (TPSA) is 18.5 Å². The van der Waals surface area contributed by atoms with Crippen LogP contribution < -0.4 is 0 Å². The Morgan fingerprint density at radius 3 is 1.67 bits per heavy atom. The fourth-order valence-corrected chi connectivity index (χ4v) is 1.21. The van der Waals surface area contributed by atoms with E-state index in [1.165, 1.54) is 0 Å². The fourth-order valence-electron chi connectivity index (χ4n) is 1.21. The van der Waals surface area contributed by atoms with Crippen LogP contribution in [0, 0.1) is 0 Å². The molecule has 0 atom stereocenters. The molecule has 1 aliphatic rings. The van der Waals surface area contributed by atoms with Crippen molar-refractivity contribution in [3.63, 3.8) is 0 Å². The van der Waals surface area contributed by atoms with Gasteiger partial charge in [-0.15, -0.1) is 0 Å². The number of ether oxygens (including phenoxy) is 2. The van der Waals surface area contributed by atoms with E-state index in [-0.39, 0.29) is 0 Å². The van der Waals surface area contributed by atoms with Crippen molar-refractivity contribution in [3.05, 3.63) is 23.7 Å². The molecule has 1 rings (SSSR count). The standard InChI is InChI=1S/C10H16O2/c1-3-11-9-5-7-10(8-6-9)12-4-2/h5,7H,3-4,6,8H2,1-2H3. The van der Waals surface area contributed by atoms with E-state index in [0.717, 1.165) is 37.6 Å². The van der Waals surface area contributed by atoms with Crippen LogP contribution >= 0.6 is 0 Å². The van der Waals surface area contributed by atoms with Gasteiger partial charge < -0.3 is 9.47 Å². The van der Waals surface area contributed by atoms with Gasteiger partial charge in [0.1, 0.15) is 0 Å². The van der Waals surface area contributed by atoms with E-state index >= 15 is 0 Å². The van der Waals surface area contributed by atoms with Crippen LogP contribution in [0.1, 0.15) is 26.7 Å². The lowest BCUT2D eigenvalue weighted by Gasteiger charge is -2.14. The Morgan fingerprint density at radius 1 is 1.00 bits per heavy atom. The summed E-state index contributed by atoms with van der Waals surface area (Å²) < 4.78 is 10.7. The molecule has 12 heavy (non-hydrogen) atoms. The molecule has 0 unspecified atom stereocenters. The summed E-state index contributed by atoms with van der Waals surface area (Å²) in [5.41, 5.74) is 0. The molecule has 0 saturated carbocycles. The van der Waals surface area contributed by atoms with Gasteiger partial charge in [-0.25, -0.2) is 0 Å².